The number of likely N-dealkylation sites (tertiary alicyclic amines) is 1. The lowest BCUT2D eigenvalue weighted by atomic mass is 10.0. The highest BCUT2D eigenvalue weighted by Gasteiger charge is 2.20. The van der Waals surface area contributed by atoms with E-state index in [1.807, 2.05) is 24.4 Å². The average molecular weight is 398 g/mol. The number of nitrogens with one attached hydrogen (secondary N) is 1. The van der Waals surface area contributed by atoms with Gasteiger partial charge in [0.2, 0.25) is 5.95 Å². The van der Waals surface area contributed by atoms with Crippen molar-refractivity contribution in [3.05, 3.63) is 52.2 Å². The smallest absolute Gasteiger partial charge is 0.269 e. The molecular formula is C20H26N6O3. The summed E-state index contributed by atoms with van der Waals surface area (Å²) in [5, 5.41) is 14.3. The van der Waals surface area contributed by atoms with Crippen LogP contribution in [0.2, 0.25) is 0 Å². The van der Waals surface area contributed by atoms with E-state index in [0.717, 1.165) is 62.9 Å². The zero-order valence-corrected chi connectivity index (χ0v) is 16.4. The molecule has 2 saturated heterocycles. The van der Waals surface area contributed by atoms with Gasteiger partial charge in [0.05, 0.1) is 18.1 Å². The number of rotatable bonds is 6. The number of nitrogens with zero attached hydrogens (tertiary/aromatic N) is 5. The summed E-state index contributed by atoms with van der Waals surface area (Å²) < 4.78 is 5.39. The van der Waals surface area contributed by atoms with E-state index in [0.29, 0.717) is 19.3 Å². The fourth-order valence-corrected chi connectivity index (χ4v) is 3.77. The van der Waals surface area contributed by atoms with Crippen LogP contribution in [0.4, 0.5) is 17.5 Å². The van der Waals surface area contributed by atoms with Gasteiger partial charge in [-0.05, 0) is 24.5 Å². The molecule has 0 spiro atoms. The first-order chi connectivity index (χ1) is 14.2. The van der Waals surface area contributed by atoms with Crippen LogP contribution >= 0.6 is 0 Å². The van der Waals surface area contributed by atoms with Gasteiger partial charge in [-0.1, -0.05) is 12.1 Å². The van der Waals surface area contributed by atoms with Crippen molar-refractivity contribution in [3.8, 4) is 0 Å². The van der Waals surface area contributed by atoms with E-state index in [-0.39, 0.29) is 10.6 Å². The van der Waals surface area contributed by atoms with Crippen molar-refractivity contribution in [2.24, 2.45) is 0 Å². The molecule has 2 aliphatic rings. The summed E-state index contributed by atoms with van der Waals surface area (Å²) in [5.74, 6) is 1.63. The first-order valence-corrected chi connectivity index (χ1v) is 10.1. The van der Waals surface area contributed by atoms with Gasteiger partial charge in [-0.15, -0.1) is 0 Å². The van der Waals surface area contributed by atoms with E-state index in [4.69, 9.17) is 4.74 Å². The number of nitro groups is 1. The molecule has 1 aromatic heterocycles. The Morgan fingerprint density at radius 1 is 1.10 bits per heavy atom. The third-order valence-electron chi connectivity index (χ3n) is 5.43. The number of piperidine rings is 1. The Balaban J connectivity index is 1.27. The maximum absolute atomic E-state index is 10.8. The molecular weight excluding hydrogens is 372 g/mol. The summed E-state index contributed by atoms with van der Waals surface area (Å²) >= 11 is 0. The highest BCUT2D eigenvalue weighted by atomic mass is 16.6. The van der Waals surface area contributed by atoms with Gasteiger partial charge in [-0.25, -0.2) is 4.98 Å². The molecule has 0 atom stereocenters. The van der Waals surface area contributed by atoms with Gasteiger partial charge >= 0.3 is 0 Å². The molecule has 0 bridgehead atoms. The van der Waals surface area contributed by atoms with Gasteiger partial charge < -0.3 is 15.0 Å². The maximum Gasteiger partial charge on any atom is 0.269 e. The van der Waals surface area contributed by atoms with Crippen LogP contribution < -0.4 is 10.2 Å². The number of ether oxygens (including phenoxy) is 1. The summed E-state index contributed by atoms with van der Waals surface area (Å²) in [4.78, 5) is 24.0. The monoisotopic (exact) mass is 398 g/mol. The molecule has 9 nitrogen and oxygen atoms in total. The van der Waals surface area contributed by atoms with Gasteiger partial charge in [0.25, 0.3) is 5.69 Å². The summed E-state index contributed by atoms with van der Waals surface area (Å²) in [7, 11) is 0. The minimum absolute atomic E-state index is 0.137. The SMILES string of the molecule is O=[N+]([O-])c1ccc(CN2CCC(Nc3ccnc(N4CCOCC4)n3)CC2)cc1. The fourth-order valence-electron chi connectivity index (χ4n) is 3.77. The maximum atomic E-state index is 10.8. The van der Waals surface area contributed by atoms with Crippen LogP contribution in [0.5, 0.6) is 0 Å². The molecule has 4 rings (SSSR count). The highest BCUT2D eigenvalue weighted by Crippen LogP contribution is 2.20. The molecule has 154 valence electrons. The molecule has 0 radical (unpaired) electrons. The van der Waals surface area contributed by atoms with E-state index >= 15 is 0 Å². The number of anilines is 2. The van der Waals surface area contributed by atoms with Crippen molar-refractivity contribution in [1.29, 1.82) is 0 Å². The van der Waals surface area contributed by atoms with Crippen molar-refractivity contribution in [2.75, 3.05) is 49.6 Å². The van der Waals surface area contributed by atoms with Crippen molar-refractivity contribution in [2.45, 2.75) is 25.4 Å². The Morgan fingerprint density at radius 3 is 2.52 bits per heavy atom. The first-order valence-electron chi connectivity index (χ1n) is 10.1. The van der Waals surface area contributed by atoms with Crippen LogP contribution in [0.15, 0.2) is 36.5 Å². The number of benzene rings is 1. The fraction of sp³-hybridized carbons (Fsp3) is 0.500. The minimum Gasteiger partial charge on any atom is -0.378 e. The third-order valence-corrected chi connectivity index (χ3v) is 5.43. The molecule has 1 aromatic carbocycles. The van der Waals surface area contributed by atoms with Crippen LogP contribution in [0.1, 0.15) is 18.4 Å². The zero-order chi connectivity index (χ0) is 20.1. The zero-order valence-electron chi connectivity index (χ0n) is 16.4. The molecule has 0 amide bonds. The number of hydrogen-bond acceptors (Lipinski definition) is 8. The Hall–Kier alpha value is -2.78. The quantitative estimate of drug-likeness (QED) is 0.585. The molecule has 0 unspecified atom stereocenters. The van der Waals surface area contributed by atoms with Gasteiger partial charge in [-0.3, -0.25) is 15.0 Å². The van der Waals surface area contributed by atoms with E-state index in [1.54, 1.807) is 12.1 Å². The van der Waals surface area contributed by atoms with Crippen LogP contribution in [-0.4, -0.2) is 65.2 Å². The van der Waals surface area contributed by atoms with Gasteiger partial charge in [0.15, 0.2) is 0 Å². The molecule has 2 fully saturated rings. The largest absolute Gasteiger partial charge is 0.378 e. The van der Waals surface area contributed by atoms with Crippen LogP contribution in [0, 0.1) is 10.1 Å². The molecule has 9 heteroatoms. The molecule has 2 aliphatic heterocycles. The molecule has 2 aromatic rings. The van der Waals surface area contributed by atoms with Crippen LogP contribution in [0.25, 0.3) is 0 Å². The number of nitro benzene ring substituents is 1. The topological polar surface area (TPSA) is 96.7 Å². The lowest BCUT2D eigenvalue weighted by molar-refractivity contribution is -0.384. The Kier molecular flexibility index (Phi) is 6.16. The van der Waals surface area contributed by atoms with Crippen molar-refractivity contribution in [3.63, 3.8) is 0 Å². The standard InChI is InChI=1S/C20H26N6O3/c27-26(28)18-3-1-16(2-4-18)15-24-9-6-17(7-10-24)22-19-5-8-21-20(23-19)25-11-13-29-14-12-25/h1-5,8,17H,6-7,9-15H2,(H,21,22,23). The number of hydrogen-bond donors (Lipinski definition) is 1. The van der Waals surface area contributed by atoms with Crippen LogP contribution in [0.3, 0.4) is 0 Å². The number of aromatic nitrogens is 2. The predicted molar refractivity (Wildman–Crippen MR) is 110 cm³/mol. The number of morpholine rings is 1. The van der Waals surface area contributed by atoms with E-state index in [9.17, 15) is 10.1 Å². The molecule has 0 aliphatic carbocycles. The van der Waals surface area contributed by atoms with Crippen molar-refractivity contribution < 1.29 is 9.66 Å². The average Bonchev–Trinajstić information content (AvgIpc) is 2.76. The van der Waals surface area contributed by atoms with E-state index in [1.165, 1.54) is 0 Å². The summed E-state index contributed by atoms with van der Waals surface area (Å²) in [6.07, 6.45) is 3.87. The van der Waals surface area contributed by atoms with Gasteiger partial charge in [0, 0.05) is 57.1 Å². The second-order valence-electron chi connectivity index (χ2n) is 7.46. The molecule has 3 heterocycles. The lowest BCUT2D eigenvalue weighted by Gasteiger charge is -2.33. The second kappa shape index (κ2) is 9.15. The van der Waals surface area contributed by atoms with Gasteiger partial charge in [0.1, 0.15) is 5.82 Å². The van der Waals surface area contributed by atoms with Crippen molar-refractivity contribution >= 4 is 17.5 Å². The Morgan fingerprint density at radius 2 is 1.83 bits per heavy atom. The third kappa shape index (κ3) is 5.18. The van der Waals surface area contributed by atoms with E-state index < -0.39 is 0 Å². The van der Waals surface area contributed by atoms with Gasteiger partial charge in [-0.2, -0.15) is 4.98 Å². The Bertz CT molecular complexity index is 817. The normalized spacial score (nSPS) is 18.6. The first kappa shape index (κ1) is 19.5. The van der Waals surface area contributed by atoms with Crippen LogP contribution in [-0.2, 0) is 11.3 Å². The summed E-state index contributed by atoms with van der Waals surface area (Å²) in [5.41, 5.74) is 1.24. The summed E-state index contributed by atoms with van der Waals surface area (Å²) in [6.45, 7) is 5.86. The van der Waals surface area contributed by atoms with E-state index in [2.05, 4.69) is 25.1 Å². The molecule has 0 saturated carbocycles. The van der Waals surface area contributed by atoms with Crippen molar-refractivity contribution in [1.82, 2.24) is 14.9 Å². The minimum atomic E-state index is -0.363. The number of non-ortho nitro benzene ring substituents is 1. The molecule has 1 N–H and O–H groups in total. The summed E-state index contributed by atoms with van der Waals surface area (Å²) in [6, 6.07) is 9.14. The second-order valence-corrected chi connectivity index (χ2v) is 7.46. The molecule has 29 heavy (non-hydrogen) atoms. The highest BCUT2D eigenvalue weighted by molar-refractivity contribution is 5.42. The predicted octanol–water partition coefficient (Wildman–Crippen LogP) is 2.30. The Labute approximate surface area is 169 Å². The lowest BCUT2D eigenvalue weighted by Crippen LogP contribution is -2.39.